The van der Waals surface area contributed by atoms with Gasteiger partial charge in [0.1, 0.15) is 16.2 Å². The Bertz CT molecular complexity index is 558. The number of methoxy groups -OCH3 is 1. The molecule has 96 valence electrons. The van der Waals surface area contributed by atoms with Gasteiger partial charge in [0.25, 0.3) is 0 Å². The van der Waals surface area contributed by atoms with Gasteiger partial charge in [0.2, 0.25) is 5.76 Å². The average molecular weight is 352 g/mol. The summed E-state index contributed by atoms with van der Waals surface area (Å²) in [6, 6.07) is 4.69. The van der Waals surface area contributed by atoms with Crippen molar-refractivity contribution >= 4 is 44.8 Å². The quantitative estimate of drug-likeness (QED) is 0.858. The first-order chi connectivity index (χ1) is 8.52. The molecule has 0 aliphatic carbocycles. The van der Waals surface area contributed by atoms with E-state index in [0.29, 0.717) is 13.7 Å². The fourth-order valence-electron chi connectivity index (χ4n) is 1.35. The van der Waals surface area contributed by atoms with E-state index in [2.05, 4.69) is 20.7 Å². The van der Waals surface area contributed by atoms with Crippen LogP contribution in [0.1, 0.15) is 27.3 Å². The molecule has 7 heteroatoms. The highest BCUT2D eigenvalue weighted by Crippen LogP contribution is 2.37. The van der Waals surface area contributed by atoms with Gasteiger partial charge < -0.3 is 14.3 Å². The van der Waals surface area contributed by atoms with Crippen LogP contribution in [0.25, 0.3) is 0 Å². The molecule has 0 amide bonds. The molecule has 0 aliphatic rings. The molecule has 0 saturated carbocycles. The summed E-state index contributed by atoms with van der Waals surface area (Å²) in [6.45, 7) is 0. The minimum atomic E-state index is -0.961. The van der Waals surface area contributed by atoms with Crippen molar-refractivity contribution in [3.8, 4) is 0 Å². The number of ether oxygens (including phenoxy) is 1. The highest BCUT2D eigenvalue weighted by Gasteiger charge is 2.20. The Balaban J connectivity index is 2.26. The van der Waals surface area contributed by atoms with Crippen molar-refractivity contribution in [2.45, 2.75) is 6.10 Å². The second kappa shape index (κ2) is 5.44. The molecule has 1 N–H and O–H groups in total. The lowest BCUT2D eigenvalue weighted by atomic mass is 10.2. The van der Waals surface area contributed by atoms with E-state index in [1.165, 1.54) is 30.6 Å². The van der Waals surface area contributed by atoms with Gasteiger partial charge in [0.15, 0.2) is 0 Å². The predicted molar refractivity (Wildman–Crippen MR) is 71.1 cm³/mol. The zero-order valence-corrected chi connectivity index (χ0v) is 12.3. The summed E-state index contributed by atoms with van der Waals surface area (Å²) >= 11 is 10.4. The van der Waals surface area contributed by atoms with Crippen molar-refractivity contribution in [3.63, 3.8) is 0 Å². The topological polar surface area (TPSA) is 59.7 Å². The number of carbonyl (C=O) groups excluding carboxylic acids is 1. The van der Waals surface area contributed by atoms with Gasteiger partial charge in [-0.05, 0) is 34.1 Å². The fraction of sp³-hybridized carbons (Fsp3) is 0.182. The first kappa shape index (κ1) is 13.6. The van der Waals surface area contributed by atoms with Crippen molar-refractivity contribution in [1.29, 1.82) is 0 Å². The van der Waals surface area contributed by atoms with E-state index in [9.17, 15) is 9.90 Å². The number of carbonyl (C=O) groups is 1. The molecule has 0 aliphatic heterocycles. The van der Waals surface area contributed by atoms with Crippen molar-refractivity contribution in [2.75, 3.05) is 7.11 Å². The minimum absolute atomic E-state index is 0.0493. The summed E-state index contributed by atoms with van der Waals surface area (Å²) in [5.41, 5.74) is 0. The average Bonchev–Trinajstić information content (AvgIpc) is 2.96. The first-order valence-corrected chi connectivity index (χ1v) is 6.82. The van der Waals surface area contributed by atoms with Crippen LogP contribution in [-0.4, -0.2) is 18.2 Å². The number of rotatable bonds is 3. The fourth-order valence-corrected chi connectivity index (χ4v) is 3.08. The van der Waals surface area contributed by atoms with Crippen LogP contribution in [0.3, 0.4) is 0 Å². The van der Waals surface area contributed by atoms with E-state index in [4.69, 9.17) is 16.0 Å². The summed E-state index contributed by atoms with van der Waals surface area (Å²) < 4.78 is 11.0. The second-order valence-electron chi connectivity index (χ2n) is 3.37. The van der Waals surface area contributed by atoms with Gasteiger partial charge in [0.05, 0.1) is 7.11 Å². The van der Waals surface area contributed by atoms with Gasteiger partial charge in [-0.3, -0.25) is 0 Å². The van der Waals surface area contributed by atoms with E-state index >= 15 is 0 Å². The summed E-state index contributed by atoms with van der Waals surface area (Å²) in [5.74, 6) is -0.270. The molecule has 2 aromatic rings. The summed E-state index contributed by atoms with van der Waals surface area (Å²) in [7, 11) is 1.26. The van der Waals surface area contributed by atoms with Crippen LogP contribution < -0.4 is 0 Å². The second-order valence-corrected chi connectivity index (χ2v) is 5.91. The number of esters is 1. The molecule has 0 saturated heterocycles. The number of thiophene rings is 1. The van der Waals surface area contributed by atoms with Crippen molar-refractivity contribution in [1.82, 2.24) is 0 Å². The third kappa shape index (κ3) is 2.61. The minimum Gasteiger partial charge on any atom is -0.463 e. The van der Waals surface area contributed by atoms with Crippen LogP contribution in [-0.2, 0) is 4.74 Å². The maximum absolute atomic E-state index is 11.2. The molecule has 0 aromatic carbocycles. The van der Waals surface area contributed by atoms with Crippen molar-refractivity contribution in [3.05, 3.63) is 43.4 Å². The van der Waals surface area contributed by atoms with Crippen LogP contribution in [0.15, 0.2) is 27.1 Å². The molecule has 0 spiro atoms. The molecule has 4 nitrogen and oxygen atoms in total. The third-order valence-electron chi connectivity index (χ3n) is 2.22. The molecule has 0 bridgehead atoms. The van der Waals surface area contributed by atoms with Crippen LogP contribution >= 0.6 is 38.9 Å². The highest BCUT2D eigenvalue weighted by molar-refractivity contribution is 9.10. The smallest absolute Gasteiger partial charge is 0.373 e. The molecule has 18 heavy (non-hydrogen) atoms. The number of aliphatic hydroxyl groups excluding tert-OH is 1. The molecule has 1 unspecified atom stereocenters. The van der Waals surface area contributed by atoms with Gasteiger partial charge in [-0.15, -0.1) is 11.3 Å². The lowest BCUT2D eigenvalue weighted by molar-refractivity contribution is 0.0558. The predicted octanol–water partition coefficient (Wildman–Crippen LogP) is 3.63. The number of aliphatic hydroxyl groups is 1. The molecule has 2 aromatic heterocycles. The molecule has 2 heterocycles. The normalized spacial score (nSPS) is 12.4. The number of halogens is 2. The Morgan fingerprint density at radius 1 is 1.61 bits per heavy atom. The number of hydrogen-bond donors (Lipinski definition) is 1. The maximum Gasteiger partial charge on any atom is 0.373 e. The lowest BCUT2D eigenvalue weighted by Crippen LogP contribution is -1.99. The van der Waals surface area contributed by atoms with Crippen LogP contribution in [0.5, 0.6) is 0 Å². The lowest BCUT2D eigenvalue weighted by Gasteiger charge is -2.03. The summed E-state index contributed by atoms with van der Waals surface area (Å²) in [5, 5.41) is 10.1. The first-order valence-electron chi connectivity index (χ1n) is 4.83. The zero-order chi connectivity index (χ0) is 13.3. The van der Waals surface area contributed by atoms with E-state index in [0.717, 1.165) is 0 Å². The van der Waals surface area contributed by atoms with Crippen molar-refractivity contribution < 1.29 is 19.1 Å². The Hall–Kier alpha value is -0.820. The van der Waals surface area contributed by atoms with Crippen LogP contribution in [0.2, 0.25) is 4.34 Å². The van der Waals surface area contributed by atoms with E-state index < -0.39 is 12.1 Å². The monoisotopic (exact) mass is 350 g/mol. The Morgan fingerprint density at radius 3 is 2.89 bits per heavy atom. The molecule has 2 rings (SSSR count). The maximum atomic E-state index is 11.2. The molecular weight excluding hydrogens is 344 g/mol. The standard InChI is InChI=1S/C11H8BrClO4S/c1-16-11(15)7-3-2-6(17-7)9(14)8-4-5(12)10(13)18-8/h2-4,9,14H,1H3. The number of furan rings is 1. The largest absolute Gasteiger partial charge is 0.463 e. The van der Waals surface area contributed by atoms with Crippen LogP contribution in [0, 0.1) is 0 Å². The van der Waals surface area contributed by atoms with Gasteiger partial charge >= 0.3 is 5.97 Å². The zero-order valence-electron chi connectivity index (χ0n) is 9.15. The van der Waals surface area contributed by atoms with Gasteiger partial charge in [-0.25, -0.2) is 4.79 Å². The molecular formula is C11H8BrClO4S. The van der Waals surface area contributed by atoms with E-state index in [1.807, 2.05) is 0 Å². The Labute approximate surface area is 120 Å². The highest BCUT2D eigenvalue weighted by atomic mass is 79.9. The SMILES string of the molecule is COC(=O)c1ccc(C(O)c2cc(Br)c(Cl)s2)o1. The summed E-state index contributed by atoms with van der Waals surface area (Å²) in [6.07, 6.45) is -0.961. The Kier molecular flexibility index (Phi) is 4.11. The third-order valence-corrected chi connectivity index (χ3v) is 4.74. The molecule has 0 fully saturated rings. The van der Waals surface area contributed by atoms with Crippen LogP contribution in [0.4, 0.5) is 0 Å². The number of hydrogen-bond acceptors (Lipinski definition) is 5. The Morgan fingerprint density at radius 2 is 2.33 bits per heavy atom. The van der Waals surface area contributed by atoms with Gasteiger partial charge in [0, 0.05) is 9.35 Å². The van der Waals surface area contributed by atoms with Gasteiger partial charge in [-0.1, -0.05) is 11.6 Å². The van der Waals surface area contributed by atoms with E-state index in [-0.39, 0.29) is 11.5 Å². The van der Waals surface area contributed by atoms with E-state index in [1.54, 1.807) is 6.07 Å². The van der Waals surface area contributed by atoms with Crippen molar-refractivity contribution in [2.24, 2.45) is 0 Å². The summed E-state index contributed by atoms with van der Waals surface area (Å²) in [4.78, 5) is 11.8. The van der Waals surface area contributed by atoms with Gasteiger partial charge in [-0.2, -0.15) is 0 Å². The molecule has 1 atom stereocenters. The molecule has 0 radical (unpaired) electrons.